The van der Waals surface area contributed by atoms with Crippen molar-refractivity contribution in [2.75, 3.05) is 26.8 Å². The molecule has 0 fully saturated rings. The fraction of sp³-hybridized carbons (Fsp3) is 0.529. The van der Waals surface area contributed by atoms with Crippen LogP contribution in [0.1, 0.15) is 37.3 Å². The van der Waals surface area contributed by atoms with E-state index in [0.29, 0.717) is 31.9 Å². The Hall–Kier alpha value is -1.88. The monoisotopic (exact) mass is 307 g/mol. The van der Waals surface area contributed by atoms with Gasteiger partial charge in [0.25, 0.3) is 0 Å². The number of hydrogen-bond acceptors (Lipinski definition) is 3. The normalized spacial score (nSPS) is 10.7. The van der Waals surface area contributed by atoms with Crippen LogP contribution < -0.4 is 0 Å². The van der Waals surface area contributed by atoms with Crippen molar-refractivity contribution >= 4 is 11.9 Å². The molecule has 1 aromatic carbocycles. The van der Waals surface area contributed by atoms with Gasteiger partial charge in [-0.25, -0.2) is 0 Å². The van der Waals surface area contributed by atoms with Crippen molar-refractivity contribution in [3.05, 3.63) is 35.4 Å². The molecule has 0 atom stereocenters. The first-order valence-electron chi connectivity index (χ1n) is 7.51. The van der Waals surface area contributed by atoms with Gasteiger partial charge in [0.15, 0.2) is 0 Å². The van der Waals surface area contributed by atoms with Crippen LogP contribution >= 0.6 is 0 Å². The molecule has 1 amide bonds. The Kier molecular flexibility index (Phi) is 7.60. The number of carbonyl (C=O) groups excluding carboxylic acids is 1. The lowest BCUT2D eigenvalue weighted by Gasteiger charge is -2.20. The highest BCUT2D eigenvalue weighted by Crippen LogP contribution is 2.15. The molecule has 0 aliphatic carbocycles. The van der Waals surface area contributed by atoms with Crippen LogP contribution in [0.4, 0.5) is 0 Å². The molecule has 0 aromatic heterocycles. The van der Waals surface area contributed by atoms with Crippen molar-refractivity contribution in [1.29, 1.82) is 0 Å². The second kappa shape index (κ2) is 9.20. The molecule has 1 aromatic rings. The lowest BCUT2D eigenvalue weighted by Crippen LogP contribution is -2.38. The van der Waals surface area contributed by atoms with Gasteiger partial charge in [0.05, 0.1) is 6.61 Å². The molecule has 0 saturated heterocycles. The van der Waals surface area contributed by atoms with Crippen LogP contribution in [0.3, 0.4) is 0 Å². The van der Waals surface area contributed by atoms with E-state index in [1.165, 1.54) is 17.6 Å². The molecular weight excluding hydrogens is 282 g/mol. The maximum absolute atomic E-state index is 12.1. The molecule has 0 radical (unpaired) electrons. The number of carboxylic acid groups (broad SMARTS) is 1. The molecular formula is C17H25NO4. The predicted octanol–water partition coefficient (Wildman–Crippen LogP) is 2.30. The van der Waals surface area contributed by atoms with Crippen LogP contribution in [0.15, 0.2) is 24.3 Å². The van der Waals surface area contributed by atoms with E-state index >= 15 is 0 Å². The molecule has 0 aliphatic rings. The van der Waals surface area contributed by atoms with Crippen LogP contribution in [0, 0.1) is 0 Å². The topological polar surface area (TPSA) is 66.8 Å². The van der Waals surface area contributed by atoms with Crippen molar-refractivity contribution in [3.63, 3.8) is 0 Å². The Bertz CT molecular complexity index is 482. The van der Waals surface area contributed by atoms with Gasteiger partial charge in [0.2, 0.25) is 5.91 Å². The molecule has 0 aliphatic heterocycles. The van der Waals surface area contributed by atoms with Gasteiger partial charge in [-0.05, 0) is 23.5 Å². The Morgan fingerprint density at radius 2 is 1.86 bits per heavy atom. The number of methoxy groups -OCH3 is 1. The van der Waals surface area contributed by atoms with Crippen LogP contribution in [0.25, 0.3) is 0 Å². The third kappa shape index (κ3) is 6.26. The van der Waals surface area contributed by atoms with Crippen LogP contribution in [0.5, 0.6) is 0 Å². The lowest BCUT2D eigenvalue weighted by molar-refractivity contribution is -0.144. The molecule has 0 heterocycles. The summed E-state index contributed by atoms with van der Waals surface area (Å²) in [6.07, 6.45) is 0.915. The van der Waals surface area contributed by atoms with Gasteiger partial charge in [-0.2, -0.15) is 0 Å². The van der Waals surface area contributed by atoms with E-state index in [0.717, 1.165) is 5.56 Å². The second-order valence-electron chi connectivity index (χ2n) is 5.60. The zero-order valence-electron chi connectivity index (χ0n) is 13.5. The number of rotatable bonds is 9. The molecule has 5 heteroatoms. The van der Waals surface area contributed by atoms with Crippen molar-refractivity contribution < 1.29 is 19.4 Å². The SMILES string of the molecule is COCCN(CC(=O)O)C(=O)CCc1ccc(C(C)C)cc1. The fourth-order valence-electron chi connectivity index (χ4n) is 2.14. The van der Waals surface area contributed by atoms with E-state index in [4.69, 9.17) is 9.84 Å². The molecule has 22 heavy (non-hydrogen) atoms. The summed E-state index contributed by atoms with van der Waals surface area (Å²) in [7, 11) is 1.53. The van der Waals surface area contributed by atoms with Gasteiger partial charge in [0.1, 0.15) is 6.54 Å². The minimum absolute atomic E-state index is 0.160. The zero-order chi connectivity index (χ0) is 16.5. The summed E-state index contributed by atoms with van der Waals surface area (Å²) in [6.45, 7) is 4.63. The molecule has 122 valence electrons. The average molecular weight is 307 g/mol. The van der Waals surface area contributed by atoms with Gasteiger partial charge in [0, 0.05) is 20.1 Å². The minimum Gasteiger partial charge on any atom is -0.480 e. The first-order valence-corrected chi connectivity index (χ1v) is 7.51. The highest BCUT2D eigenvalue weighted by Gasteiger charge is 2.16. The fourth-order valence-corrected chi connectivity index (χ4v) is 2.14. The number of amides is 1. The summed E-state index contributed by atoms with van der Waals surface area (Å²) in [5.41, 5.74) is 2.35. The van der Waals surface area contributed by atoms with E-state index in [1.807, 2.05) is 12.1 Å². The lowest BCUT2D eigenvalue weighted by atomic mass is 10.0. The van der Waals surface area contributed by atoms with Gasteiger partial charge in [-0.15, -0.1) is 0 Å². The van der Waals surface area contributed by atoms with E-state index in [2.05, 4.69) is 26.0 Å². The maximum Gasteiger partial charge on any atom is 0.323 e. The number of aliphatic carboxylic acids is 1. The van der Waals surface area contributed by atoms with Gasteiger partial charge in [-0.1, -0.05) is 38.1 Å². The standard InChI is InChI=1S/C17H25NO4/c1-13(2)15-7-4-14(5-8-15)6-9-16(19)18(10-11-22-3)12-17(20)21/h4-5,7-8,13H,6,9-12H2,1-3H3,(H,20,21). The third-order valence-corrected chi connectivity index (χ3v) is 3.52. The Balaban J connectivity index is 2.55. The van der Waals surface area contributed by atoms with Crippen molar-refractivity contribution in [1.82, 2.24) is 4.90 Å². The van der Waals surface area contributed by atoms with Crippen molar-refractivity contribution in [2.45, 2.75) is 32.6 Å². The van der Waals surface area contributed by atoms with E-state index in [1.54, 1.807) is 0 Å². The average Bonchev–Trinajstić information content (AvgIpc) is 2.49. The second-order valence-corrected chi connectivity index (χ2v) is 5.60. The molecule has 5 nitrogen and oxygen atoms in total. The quantitative estimate of drug-likeness (QED) is 0.760. The number of carboxylic acids is 1. The number of nitrogens with zero attached hydrogens (tertiary/aromatic N) is 1. The molecule has 0 unspecified atom stereocenters. The number of ether oxygens (including phenoxy) is 1. The Morgan fingerprint density at radius 1 is 1.23 bits per heavy atom. The number of carbonyl (C=O) groups is 2. The summed E-state index contributed by atoms with van der Waals surface area (Å²) in [6, 6.07) is 8.20. The predicted molar refractivity (Wildman–Crippen MR) is 84.9 cm³/mol. The molecule has 1 rings (SSSR count). The molecule has 0 saturated carbocycles. The first kappa shape index (κ1) is 18.2. The van der Waals surface area contributed by atoms with E-state index < -0.39 is 5.97 Å². The largest absolute Gasteiger partial charge is 0.480 e. The Morgan fingerprint density at radius 3 is 2.36 bits per heavy atom. The molecule has 0 bridgehead atoms. The number of hydrogen-bond donors (Lipinski definition) is 1. The smallest absolute Gasteiger partial charge is 0.323 e. The van der Waals surface area contributed by atoms with Crippen LogP contribution in [-0.2, 0) is 20.7 Å². The highest BCUT2D eigenvalue weighted by atomic mass is 16.5. The summed E-state index contributed by atoms with van der Waals surface area (Å²) >= 11 is 0. The Labute approximate surface area is 131 Å². The number of aryl methyl sites for hydroxylation is 1. The summed E-state index contributed by atoms with van der Waals surface area (Å²) in [5, 5.41) is 8.87. The minimum atomic E-state index is -1.01. The summed E-state index contributed by atoms with van der Waals surface area (Å²) < 4.78 is 4.92. The third-order valence-electron chi connectivity index (χ3n) is 3.52. The summed E-state index contributed by atoms with van der Waals surface area (Å²) in [5.74, 6) is -0.686. The van der Waals surface area contributed by atoms with E-state index in [-0.39, 0.29) is 12.5 Å². The van der Waals surface area contributed by atoms with Crippen LogP contribution in [0.2, 0.25) is 0 Å². The van der Waals surface area contributed by atoms with Gasteiger partial charge < -0.3 is 14.7 Å². The van der Waals surface area contributed by atoms with Gasteiger partial charge in [-0.3, -0.25) is 9.59 Å². The number of benzene rings is 1. The first-order chi connectivity index (χ1) is 10.4. The van der Waals surface area contributed by atoms with Crippen molar-refractivity contribution in [3.8, 4) is 0 Å². The molecule has 0 spiro atoms. The van der Waals surface area contributed by atoms with Crippen LogP contribution in [-0.4, -0.2) is 48.7 Å². The van der Waals surface area contributed by atoms with Crippen molar-refractivity contribution in [2.24, 2.45) is 0 Å². The van der Waals surface area contributed by atoms with E-state index in [9.17, 15) is 9.59 Å². The highest BCUT2D eigenvalue weighted by molar-refractivity contribution is 5.81. The van der Waals surface area contributed by atoms with Gasteiger partial charge >= 0.3 is 5.97 Å². The molecule has 1 N–H and O–H groups in total. The maximum atomic E-state index is 12.1. The zero-order valence-corrected chi connectivity index (χ0v) is 13.5. The summed E-state index contributed by atoms with van der Waals surface area (Å²) in [4.78, 5) is 24.3.